The van der Waals surface area contributed by atoms with Crippen molar-refractivity contribution in [2.45, 2.75) is 104 Å². The van der Waals surface area contributed by atoms with Crippen LogP contribution in [0.4, 0.5) is 0 Å². The normalized spacial score (nSPS) is 22.7. The average Bonchev–Trinajstić information content (AvgIpc) is 2.58. The Kier molecular flexibility index (Phi) is 7.11. The van der Waals surface area contributed by atoms with Crippen molar-refractivity contribution in [1.29, 1.82) is 0 Å². The lowest BCUT2D eigenvalue weighted by Gasteiger charge is -2.28. The van der Waals surface area contributed by atoms with E-state index in [1.54, 1.807) is 0 Å². The van der Waals surface area contributed by atoms with Gasteiger partial charge in [-0.2, -0.15) is 0 Å². The highest BCUT2D eigenvalue weighted by Crippen LogP contribution is 2.32. The maximum Gasteiger partial charge on any atom is 0.0466 e. The molecule has 2 atom stereocenters. The summed E-state index contributed by atoms with van der Waals surface area (Å²) in [5.74, 6) is 0.890. The molecule has 0 N–H and O–H groups in total. The molecule has 0 radical (unpaired) electrons. The first-order valence-corrected chi connectivity index (χ1v) is 10.1. The van der Waals surface area contributed by atoms with Gasteiger partial charge in [0, 0.05) is 16.8 Å². The van der Waals surface area contributed by atoms with E-state index < -0.39 is 0 Å². The van der Waals surface area contributed by atoms with Gasteiger partial charge >= 0.3 is 0 Å². The van der Waals surface area contributed by atoms with Crippen LogP contribution in [0.25, 0.3) is 0 Å². The van der Waals surface area contributed by atoms with E-state index >= 15 is 0 Å². The zero-order valence-corrected chi connectivity index (χ0v) is 16.0. The third-order valence-electron chi connectivity index (χ3n) is 6.02. The molecule has 1 nitrogen and oxygen atoms in total. The van der Waals surface area contributed by atoms with E-state index in [4.69, 9.17) is 4.98 Å². The molecule has 1 heterocycles. The molecule has 1 aliphatic carbocycles. The molecule has 0 spiro atoms. The third kappa shape index (κ3) is 5.06. The summed E-state index contributed by atoms with van der Waals surface area (Å²) in [7, 11) is 0. The first-order chi connectivity index (χ1) is 11.1. The van der Waals surface area contributed by atoms with Crippen LogP contribution in [0, 0.1) is 5.92 Å². The van der Waals surface area contributed by atoms with Crippen molar-refractivity contribution in [2.24, 2.45) is 5.92 Å². The van der Waals surface area contributed by atoms with Gasteiger partial charge in [0.2, 0.25) is 0 Å². The van der Waals surface area contributed by atoms with Crippen LogP contribution >= 0.6 is 0 Å². The van der Waals surface area contributed by atoms with Crippen molar-refractivity contribution >= 4 is 0 Å². The Morgan fingerprint density at radius 2 is 1.83 bits per heavy atom. The Balaban J connectivity index is 2.24. The second kappa shape index (κ2) is 8.85. The van der Waals surface area contributed by atoms with Crippen LogP contribution in [0.15, 0.2) is 12.1 Å². The van der Waals surface area contributed by atoms with E-state index in [0.717, 1.165) is 5.92 Å². The summed E-state index contributed by atoms with van der Waals surface area (Å²) >= 11 is 0. The molecule has 0 saturated heterocycles. The Morgan fingerprint density at radius 1 is 1.04 bits per heavy atom. The zero-order chi connectivity index (χ0) is 16.7. The van der Waals surface area contributed by atoms with Crippen LogP contribution in [-0.2, 0) is 18.3 Å². The van der Waals surface area contributed by atoms with Crippen molar-refractivity contribution < 1.29 is 0 Å². The van der Waals surface area contributed by atoms with Crippen LogP contribution in [-0.4, -0.2) is 4.98 Å². The minimum absolute atomic E-state index is 0.253. The molecular formula is C22H37N. The summed E-state index contributed by atoms with van der Waals surface area (Å²) in [4.78, 5) is 5.20. The smallest absolute Gasteiger partial charge is 0.0466 e. The average molecular weight is 316 g/mol. The van der Waals surface area contributed by atoms with E-state index in [1.165, 1.54) is 87.6 Å². The molecule has 2 unspecified atom stereocenters. The Hall–Kier alpha value is -0.850. The van der Waals surface area contributed by atoms with Gasteiger partial charge < -0.3 is 0 Å². The fourth-order valence-electron chi connectivity index (χ4n) is 4.10. The molecule has 23 heavy (non-hydrogen) atoms. The van der Waals surface area contributed by atoms with Crippen LogP contribution in [0.2, 0.25) is 0 Å². The molecule has 0 amide bonds. The summed E-state index contributed by atoms with van der Waals surface area (Å²) in [6.07, 6.45) is 14.3. The Bertz CT molecular complexity index is 479. The second-order valence-corrected chi connectivity index (χ2v) is 8.06. The standard InChI is InChI=1S/C22H37N/c1-5-17-22(4,6-2)21-16-15-19-13-9-7-8-11-18(3)12-10-14-20(19)23-21/h15-16,18H,5-14,17H2,1-4H3. The quantitative estimate of drug-likeness (QED) is 0.608. The molecule has 0 bridgehead atoms. The van der Waals surface area contributed by atoms with Crippen LogP contribution < -0.4 is 0 Å². The summed E-state index contributed by atoms with van der Waals surface area (Å²) in [5, 5.41) is 0. The van der Waals surface area contributed by atoms with Gasteiger partial charge in [-0.15, -0.1) is 0 Å². The Labute approximate surface area is 144 Å². The minimum atomic E-state index is 0.253. The predicted octanol–water partition coefficient (Wildman–Crippen LogP) is 6.62. The van der Waals surface area contributed by atoms with Crippen molar-refractivity contribution in [1.82, 2.24) is 4.98 Å². The van der Waals surface area contributed by atoms with Crippen molar-refractivity contribution in [3.63, 3.8) is 0 Å². The number of rotatable bonds is 4. The number of hydrogen-bond donors (Lipinski definition) is 0. The number of nitrogens with zero attached hydrogens (tertiary/aromatic N) is 1. The molecule has 0 saturated carbocycles. The first kappa shape index (κ1) is 18.5. The molecule has 0 aliphatic heterocycles. The summed E-state index contributed by atoms with van der Waals surface area (Å²) < 4.78 is 0. The van der Waals surface area contributed by atoms with Gasteiger partial charge in [0.25, 0.3) is 0 Å². The molecule has 1 aromatic heterocycles. The van der Waals surface area contributed by atoms with Crippen LogP contribution in [0.3, 0.4) is 0 Å². The molecule has 0 aromatic carbocycles. The number of hydrogen-bond acceptors (Lipinski definition) is 1. The van der Waals surface area contributed by atoms with Gasteiger partial charge in [-0.1, -0.05) is 65.9 Å². The molecule has 0 fully saturated rings. The number of pyridine rings is 1. The molecule has 1 aromatic rings. The van der Waals surface area contributed by atoms with Gasteiger partial charge in [0.05, 0.1) is 0 Å². The highest BCUT2D eigenvalue weighted by Gasteiger charge is 2.25. The van der Waals surface area contributed by atoms with E-state index in [2.05, 4.69) is 39.8 Å². The lowest BCUT2D eigenvalue weighted by molar-refractivity contribution is 0.400. The lowest BCUT2D eigenvalue weighted by atomic mass is 9.79. The van der Waals surface area contributed by atoms with E-state index in [9.17, 15) is 0 Å². The highest BCUT2D eigenvalue weighted by atomic mass is 14.7. The van der Waals surface area contributed by atoms with Gasteiger partial charge in [-0.05, 0) is 56.1 Å². The monoisotopic (exact) mass is 315 g/mol. The fraction of sp³-hybridized carbons (Fsp3) is 0.773. The SMILES string of the molecule is CCCC(C)(CC)c1ccc2c(n1)CCCC(C)CCCCC2. The molecule has 130 valence electrons. The van der Waals surface area contributed by atoms with Crippen LogP contribution in [0.5, 0.6) is 0 Å². The van der Waals surface area contributed by atoms with Gasteiger partial charge in [-0.25, -0.2) is 0 Å². The van der Waals surface area contributed by atoms with Crippen molar-refractivity contribution in [3.05, 3.63) is 29.1 Å². The predicted molar refractivity (Wildman–Crippen MR) is 101 cm³/mol. The molecule has 2 rings (SSSR count). The lowest BCUT2D eigenvalue weighted by Crippen LogP contribution is -2.23. The fourth-order valence-corrected chi connectivity index (χ4v) is 4.10. The molecule has 1 heteroatoms. The minimum Gasteiger partial charge on any atom is -0.257 e. The third-order valence-corrected chi connectivity index (χ3v) is 6.02. The largest absolute Gasteiger partial charge is 0.257 e. The van der Waals surface area contributed by atoms with Gasteiger partial charge in [-0.3, -0.25) is 4.98 Å². The molecular weight excluding hydrogens is 278 g/mol. The summed E-state index contributed by atoms with van der Waals surface area (Å²) in [5.41, 5.74) is 4.53. The Morgan fingerprint density at radius 3 is 2.57 bits per heavy atom. The van der Waals surface area contributed by atoms with Crippen molar-refractivity contribution in [3.8, 4) is 0 Å². The summed E-state index contributed by atoms with van der Waals surface area (Å²) in [6, 6.07) is 4.74. The maximum atomic E-state index is 5.20. The number of aryl methyl sites for hydroxylation is 2. The molecule has 1 aliphatic rings. The summed E-state index contributed by atoms with van der Waals surface area (Å²) in [6.45, 7) is 9.44. The van der Waals surface area contributed by atoms with Crippen LogP contribution in [0.1, 0.15) is 102 Å². The second-order valence-electron chi connectivity index (χ2n) is 8.06. The van der Waals surface area contributed by atoms with Gasteiger partial charge in [0.1, 0.15) is 0 Å². The number of aromatic nitrogens is 1. The van der Waals surface area contributed by atoms with E-state index in [-0.39, 0.29) is 5.41 Å². The van der Waals surface area contributed by atoms with Crippen molar-refractivity contribution in [2.75, 3.05) is 0 Å². The highest BCUT2D eigenvalue weighted by molar-refractivity contribution is 5.27. The first-order valence-electron chi connectivity index (χ1n) is 10.1. The van der Waals surface area contributed by atoms with Gasteiger partial charge in [0.15, 0.2) is 0 Å². The zero-order valence-electron chi connectivity index (χ0n) is 16.0. The maximum absolute atomic E-state index is 5.20. The van der Waals surface area contributed by atoms with E-state index in [1.807, 2.05) is 0 Å². The topological polar surface area (TPSA) is 12.9 Å². The number of fused-ring (bicyclic) bond motifs is 1. The van der Waals surface area contributed by atoms with E-state index in [0.29, 0.717) is 0 Å².